The van der Waals surface area contributed by atoms with Crippen molar-refractivity contribution in [2.75, 3.05) is 6.54 Å². The average Bonchev–Trinajstić information content (AvgIpc) is 3.49. The zero-order valence-electron chi connectivity index (χ0n) is 16.8. The Morgan fingerprint density at radius 2 is 1.41 bits per heavy atom. The minimum atomic E-state index is -3.74. The molecule has 0 spiro atoms. The third kappa shape index (κ3) is 3.56. The van der Waals surface area contributed by atoms with E-state index in [1.54, 1.807) is 0 Å². The van der Waals surface area contributed by atoms with E-state index >= 15 is 0 Å². The maximum absolute atomic E-state index is 13.2. The number of rotatable bonds is 6. The molecule has 3 rings (SSSR count). The molecule has 1 fully saturated rings. The Morgan fingerprint density at radius 3 is 1.89 bits per heavy atom. The van der Waals surface area contributed by atoms with Gasteiger partial charge in [0.2, 0.25) is 10.0 Å². The molecule has 2 N–H and O–H groups in total. The van der Waals surface area contributed by atoms with E-state index in [-0.39, 0.29) is 12.5 Å². The van der Waals surface area contributed by atoms with Crippen molar-refractivity contribution in [3.8, 4) is 0 Å². The highest BCUT2D eigenvalue weighted by molar-refractivity contribution is 7.89. The van der Waals surface area contributed by atoms with E-state index in [0.29, 0.717) is 4.90 Å². The summed E-state index contributed by atoms with van der Waals surface area (Å²) >= 11 is 0. The summed E-state index contributed by atoms with van der Waals surface area (Å²) in [6.45, 7) is 9.63. The van der Waals surface area contributed by atoms with E-state index in [2.05, 4.69) is 4.72 Å². The summed E-state index contributed by atoms with van der Waals surface area (Å²) in [6, 6.07) is 9.37. The lowest BCUT2D eigenvalue weighted by molar-refractivity contribution is 0.0185. The largest absolute Gasteiger partial charge is 0.383 e. The van der Waals surface area contributed by atoms with Crippen LogP contribution in [0, 0.1) is 40.5 Å². The SMILES string of the molecule is Cc1c(C)c(C)c(S(=O)(=O)NCC(O)(c2ccccc2)C2CC2)c(C)c1C. The fourth-order valence-electron chi connectivity index (χ4n) is 3.92. The molecule has 2 aromatic rings. The van der Waals surface area contributed by atoms with Gasteiger partial charge in [-0.05, 0) is 86.8 Å². The summed E-state index contributed by atoms with van der Waals surface area (Å²) in [7, 11) is -3.74. The maximum Gasteiger partial charge on any atom is 0.241 e. The van der Waals surface area contributed by atoms with Crippen molar-refractivity contribution >= 4 is 10.0 Å². The van der Waals surface area contributed by atoms with Crippen LogP contribution in [0.5, 0.6) is 0 Å². The first-order valence-corrected chi connectivity index (χ1v) is 10.9. The molecule has 0 amide bonds. The normalized spacial score (nSPS) is 17.0. The van der Waals surface area contributed by atoms with Crippen LogP contribution < -0.4 is 4.72 Å². The Balaban J connectivity index is 1.96. The Bertz CT molecular complexity index is 934. The van der Waals surface area contributed by atoms with Gasteiger partial charge >= 0.3 is 0 Å². The second-order valence-electron chi connectivity index (χ2n) is 7.84. The van der Waals surface area contributed by atoms with E-state index in [9.17, 15) is 13.5 Å². The molecular formula is C22H29NO3S. The summed E-state index contributed by atoms with van der Waals surface area (Å²) in [6.07, 6.45) is 1.82. The van der Waals surface area contributed by atoms with Crippen molar-refractivity contribution in [3.05, 3.63) is 63.7 Å². The minimum Gasteiger partial charge on any atom is -0.383 e. The lowest BCUT2D eigenvalue weighted by atomic mass is 9.89. The summed E-state index contributed by atoms with van der Waals surface area (Å²) < 4.78 is 29.1. The molecule has 27 heavy (non-hydrogen) atoms. The number of aliphatic hydroxyl groups is 1. The molecule has 0 saturated heterocycles. The molecule has 2 aromatic carbocycles. The van der Waals surface area contributed by atoms with Crippen LogP contribution in [-0.2, 0) is 15.6 Å². The van der Waals surface area contributed by atoms with Gasteiger partial charge in [0.15, 0.2) is 0 Å². The number of sulfonamides is 1. The van der Waals surface area contributed by atoms with Crippen LogP contribution in [0.3, 0.4) is 0 Å². The number of hydrogen-bond donors (Lipinski definition) is 2. The van der Waals surface area contributed by atoms with Gasteiger partial charge in [0.05, 0.1) is 4.90 Å². The van der Waals surface area contributed by atoms with Gasteiger partial charge in [0, 0.05) is 6.54 Å². The number of nitrogens with one attached hydrogen (secondary N) is 1. The number of hydrogen-bond acceptors (Lipinski definition) is 3. The summed E-state index contributed by atoms with van der Waals surface area (Å²) in [4.78, 5) is 0.342. The van der Waals surface area contributed by atoms with Crippen molar-refractivity contribution < 1.29 is 13.5 Å². The fourth-order valence-corrected chi connectivity index (χ4v) is 5.58. The quantitative estimate of drug-likeness (QED) is 0.792. The first-order chi connectivity index (χ1) is 12.6. The Kier molecular flexibility index (Phi) is 5.23. The van der Waals surface area contributed by atoms with Gasteiger partial charge in [-0.15, -0.1) is 0 Å². The molecule has 1 aliphatic rings. The predicted molar refractivity (Wildman–Crippen MR) is 108 cm³/mol. The molecule has 5 heteroatoms. The summed E-state index contributed by atoms with van der Waals surface area (Å²) in [5.41, 5.74) is 4.27. The first-order valence-electron chi connectivity index (χ1n) is 9.44. The van der Waals surface area contributed by atoms with E-state index in [1.807, 2.05) is 65.0 Å². The van der Waals surface area contributed by atoms with Crippen LogP contribution in [0.1, 0.15) is 46.2 Å². The van der Waals surface area contributed by atoms with Crippen LogP contribution in [-0.4, -0.2) is 20.1 Å². The van der Waals surface area contributed by atoms with Gasteiger partial charge in [-0.3, -0.25) is 0 Å². The van der Waals surface area contributed by atoms with Crippen molar-refractivity contribution in [1.29, 1.82) is 0 Å². The van der Waals surface area contributed by atoms with Gasteiger partial charge in [-0.25, -0.2) is 13.1 Å². The van der Waals surface area contributed by atoms with Crippen LogP contribution >= 0.6 is 0 Å². The second-order valence-corrected chi connectivity index (χ2v) is 9.55. The zero-order valence-corrected chi connectivity index (χ0v) is 17.6. The highest BCUT2D eigenvalue weighted by atomic mass is 32.2. The second kappa shape index (κ2) is 7.04. The van der Waals surface area contributed by atoms with Crippen molar-refractivity contribution in [1.82, 2.24) is 4.72 Å². The van der Waals surface area contributed by atoms with Crippen molar-refractivity contribution in [3.63, 3.8) is 0 Å². The highest BCUT2D eigenvalue weighted by Crippen LogP contribution is 2.45. The molecule has 1 atom stereocenters. The molecule has 0 heterocycles. The maximum atomic E-state index is 13.2. The monoisotopic (exact) mass is 387 g/mol. The zero-order chi connectivity index (χ0) is 20.0. The lowest BCUT2D eigenvalue weighted by Gasteiger charge is -2.29. The predicted octanol–water partition coefficient (Wildman–Crippen LogP) is 3.80. The molecule has 0 aromatic heterocycles. The third-order valence-electron chi connectivity index (χ3n) is 6.26. The number of benzene rings is 2. The Hall–Kier alpha value is -1.69. The topological polar surface area (TPSA) is 66.4 Å². The van der Waals surface area contributed by atoms with Crippen LogP contribution in [0.4, 0.5) is 0 Å². The van der Waals surface area contributed by atoms with Gasteiger partial charge in [-0.2, -0.15) is 0 Å². The van der Waals surface area contributed by atoms with E-state index in [0.717, 1.165) is 46.2 Å². The molecule has 1 saturated carbocycles. The highest BCUT2D eigenvalue weighted by Gasteiger charge is 2.45. The van der Waals surface area contributed by atoms with Gasteiger partial charge in [0.1, 0.15) is 5.60 Å². The molecule has 1 aliphatic carbocycles. The van der Waals surface area contributed by atoms with Crippen LogP contribution in [0.15, 0.2) is 35.2 Å². The smallest absolute Gasteiger partial charge is 0.241 e. The van der Waals surface area contributed by atoms with Crippen molar-refractivity contribution in [2.24, 2.45) is 5.92 Å². The van der Waals surface area contributed by atoms with Crippen LogP contribution in [0.25, 0.3) is 0 Å². The van der Waals surface area contributed by atoms with Crippen molar-refractivity contribution in [2.45, 2.75) is 58.0 Å². The molecule has 0 aliphatic heterocycles. The molecule has 1 unspecified atom stereocenters. The molecule has 0 radical (unpaired) electrons. The van der Waals surface area contributed by atoms with E-state index in [1.165, 1.54) is 0 Å². The molecule has 0 bridgehead atoms. The van der Waals surface area contributed by atoms with Gasteiger partial charge < -0.3 is 5.11 Å². The first kappa shape index (κ1) is 20.1. The lowest BCUT2D eigenvalue weighted by Crippen LogP contribution is -2.42. The summed E-state index contributed by atoms with van der Waals surface area (Å²) in [5.74, 6) is 0.0892. The van der Waals surface area contributed by atoms with E-state index < -0.39 is 15.6 Å². The van der Waals surface area contributed by atoms with Gasteiger partial charge in [0.25, 0.3) is 0 Å². The standard InChI is InChI=1S/C22H29NO3S/c1-14-15(2)17(4)21(18(5)16(14)3)27(25,26)23-13-22(24,20-11-12-20)19-9-7-6-8-10-19/h6-10,20,23-24H,11-13H2,1-5H3. The third-order valence-corrected chi connectivity index (χ3v) is 7.93. The fraction of sp³-hybridized carbons (Fsp3) is 0.455. The van der Waals surface area contributed by atoms with Crippen LogP contribution in [0.2, 0.25) is 0 Å². The molecule has 146 valence electrons. The summed E-state index contributed by atoms with van der Waals surface area (Å²) in [5, 5.41) is 11.3. The Morgan fingerprint density at radius 1 is 0.926 bits per heavy atom. The Labute approximate surface area is 162 Å². The molecule has 4 nitrogen and oxygen atoms in total. The molecular weight excluding hydrogens is 358 g/mol. The average molecular weight is 388 g/mol. The van der Waals surface area contributed by atoms with Gasteiger partial charge in [-0.1, -0.05) is 30.3 Å². The van der Waals surface area contributed by atoms with E-state index in [4.69, 9.17) is 0 Å². The minimum absolute atomic E-state index is 0.0190.